The second-order valence-electron chi connectivity index (χ2n) is 5.84. The molecular formula is C15H22BrClN2. The molecule has 0 radical (unpaired) electrons. The molecule has 0 amide bonds. The maximum atomic E-state index is 3.50. The minimum atomic E-state index is 0. The van der Waals surface area contributed by atoms with Crippen LogP contribution < -0.4 is 5.32 Å². The van der Waals surface area contributed by atoms with Gasteiger partial charge in [0.05, 0.1) is 0 Å². The van der Waals surface area contributed by atoms with Gasteiger partial charge in [0.15, 0.2) is 0 Å². The van der Waals surface area contributed by atoms with Gasteiger partial charge in [0.1, 0.15) is 0 Å². The number of rotatable bonds is 2. The highest BCUT2D eigenvalue weighted by atomic mass is 79.9. The number of piperidine rings is 1. The van der Waals surface area contributed by atoms with Crippen LogP contribution in [0.1, 0.15) is 24.8 Å². The summed E-state index contributed by atoms with van der Waals surface area (Å²) in [5, 5.41) is 3.48. The highest BCUT2D eigenvalue weighted by Gasteiger charge is 2.38. The average Bonchev–Trinajstić information content (AvgIpc) is 2.76. The molecule has 2 saturated heterocycles. The molecule has 0 saturated carbocycles. The number of nitrogens with one attached hydrogen (secondary N) is 1. The van der Waals surface area contributed by atoms with Crippen molar-refractivity contribution >= 4 is 28.3 Å². The highest BCUT2D eigenvalue weighted by Crippen LogP contribution is 2.38. The predicted molar refractivity (Wildman–Crippen MR) is 85.8 cm³/mol. The highest BCUT2D eigenvalue weighted by molar-refractivity contribution is 9.10. The molecule has 0 unspecified atom stereocenters. The summed E-state index contributed by atoms with van der Waals surface area (Å²) >= 11 is 3.50. The maximum Gasteiger partial charge on any atom is 0.0233 e. The van der Waals surface area contributed by atoms with E-state index >= 15 is 0 Å². The van der Waals surface area contributed by atoms with Crippen molar-refractivity contribution in [3.63, 3.8) is 0 Å². The number of hydrogen-bond donors (Lipinski definition) is 1. The molecule has 4 heteroatoms. The van der Waals surface area contributed by atoms with E-state index < -0.39 is 0 Å². The second-order valence-corrected chi connectivity index (χ2v) is 6.75. The Morgan fingerprint density at radius 1 is 1.11 bits per heavy atom. The van der Waals surface area contributed by atoms with Gasteiger partial charge >= 0.3 is 0 Å². The van der Waals surface area contributed by atoms with Crippen LogP contribution >= 0.6 is 28.3 Å². The number of likely N-dealkylation sites (tertiary alicyclic amines) is 1. The van der Waals surface area contributed by atoms with E-state index in [4.69, 9.17) is 0 Å². The lowest BCUT2D eigenvalue weighted by Gasteiger charge is -2.33. The minimum Gasteiger partial charge on any atom is -0.317 e. The molecule has 0 bridgehead atoms. The first-order valence-corrected chi connectivity index (χ1v) is 7.73. The SMILES string of the molecule is Brc1ccc(CN2CCC3(CCNCC3)C2)cc1.Cl. The van der Waals surface area contributed by atoms with E-state index in [1.54, 1.807) is 0 Å². The van der Waals surface area contributed by atoms with Gasteiger partial charge in [-0.05, 0) is 62.0 Å². The minimum absolute atomic E-state index is 0. The Hall–Kier alpha value is -0.0900. The summed E-state index contributed by atoms with van der Waals surface area (Å²) in [6.07, 6.45) is 4.12. The molecule has 1 spiro atoms. The number of halogens is 2. The number of hydrogen-bond acceptors (Lipinski definition) is 2. The quantitative estimate of drug-likeness (QED) is 0.883. The number of benzene rings is 1. The summed E-state index contributed by atoms with van der Waals surface area (Å²) in [6.45, 7) is 6.11. The second kappa shape index (κ2) is 6.57. The van der Waals surface area contributed by atoms with E-state index in [2.05, 4.69) is 50.4 Å². The third-order valence-electron chi connectivity index (χ3n) is 4.50. The molecule has 1 aromatic carbocycles. The summed E-state index contributed by atoms with van der Waals surface area (Å²) in [5.41, 5.74) is 2.06. The monoisotopic (exact) mass is 344 g/mol. The van der Waals surface area contributed by atoms with Crippen molar-refractivity contribution in [1.82, 2.24) is 10.2 Å². The molecule has 2 aliphatic rings. The first-order valence-electron chi connectivity index (χ1n) is 6.93. The van der Waals surface area contributed by atoms with Gasteiger partial charge in [0, 0.05) is 17.6 Å². The molecule has 2 aliphatic heterocycles. The maximum absolute atomic E-state index is 3.50. The van der Waals surface area contributed by atoms with Gasteiger partial charge in [0.25, 0.3) is 0 Å². The normalized spacial score (nSPS) is 22.4. The van der Waals surface area contributed by atoms with Crippen LogP contribution in [0.25, 0.3) is 0 Å². The van der Waals surface area contributed by atoms with Crippen LogP contribution in [0, 0.1) is 5.41 Å². The summed E-state index contributed by atoms with van der Waals surface area (Å²) in [5.74, 6) is 0. The van der Waals surface area contributed by atoms with Crippen LogP contribution in [0.3, 0.4) is 0 Å². The van der Waals surface area contributed by atoms with Gasteiger partial charge in [-0.1, -0.05) is 28.1 Å². The predicted octanol–water partition coefficient (Wildman–Crippen LogP) is 3.45. The fourth-order valence-electron chi connectivity index (χ4n) is 3.38. The molecule has 1 N–H and O–H groups in total. The zero-order valence-electron chi connectivity index (χ0n) is 11.2. The zero-order valence-corrected chi connectivity index (χ0v) is 13.6. The van der Waals surface area contributed by atoms with E-state index in [0.717, 1.165) is 6.54 Å². The molecule has 2 heterocycles. The molecule has 106 valence electrons. The molecule has 2 nitrogen and oxygen atoms in total. The van der Waals surface area contributed by atoms with Crippen LogP contribution in [-0.4, -0.2) is 31.1 Å². The first kappa shape index (κ1) is 15.3. The van der Waals surface area contributed by atoms with E-state index in [1.165, 1.54) is 55.5 Å². The van der Waals surface area contributed by atoms with Crippen molar-refractivity contribution in [3.8, 4) is 0 Å². The van der Waals surface area contributed by atoms with Crippen molar-refractivity contribution in [1.29, 1.82) is 0 Å². The topological polar surface area (TPSA) is 15.3 Å². The number of nitrogens with zero attached hydrogens (tertiary/aromatic N) is 1. The Kier molecular flexibility index (Phi) is 5.29. The largest absolute Gasteiger partial charge is 0.317 e. The van der Waals surface area contributed by atoms with Crippen LogP contribution in [0.2, 0.25) is 0 Å². The molecule has 3 rings (SSSR count). The van der Waals surface area contributed by atoms with Gasteiger partial charge in [-0.25, -0.2) is 0 Å². The summed E-state index contributed by atoms with van der Waals surface area (Å²) < 4.78 is 1.17. The fourth-order valence-corrected chi connectivity index (χ4v) is 3.64. The molecule has 0 aromatic heterocycles. The lowest BCUT2D eigenvalue weighted by atomic mass is 9.78. The Balaban J connectivity index is 0.00000133. The third kappa shape index (κ3) is 3.72. The Morgan fingerprint density at radius 2 is 1.79 bits per heavy atom. The lowest BCUT2D eigenvalue weighted by molar-refractivity contribution is 0.194. The molecule has 19 heavy (non-hydrogen) atoms. The lowest BCUT2D eigenvalue weighted by Crippen LogP contribution is -2.38. The van der Waals surface area contributed by atoms with E-state index in [-0.39, 0.29) is 12.4 Å². The van der Waals surface area contributed by atoms with Gasteiger partial charge in [-0.15, -0.1) is 12.4 Å². The van der Waals surface area contributed by atoms with Gasteiger partial charge in [-0.2, -0.15) is 0 Å². The summed E-state index contributed by atoms with van der Waals surface area (Å²) in [7, 11) is 0. The molecule has 1 aromatic rings. The van der Waals surface area contributed by atoms with Gasteiger partial charge < -0.3 is 5.32 Å². The van der Waals surface area contributed by atoms with E-state index in [0.29, 0.717) is 5.41 Å². The first-order chi connectivity index (χ1) is 8.76. The van der Waals surface area contributed by atoms with Crippen molar-refractivity contribution in [2.45, 2.75) is 25.8 Å². The van der Waals surface area contributed by atoms with E-state index in [1.807, 2.05) is 0 Å². The molecular weight excluding hydrogens is 324 g/mol. The molecule has 2 fully saturated rings. The van der Waals surface area contributed by atoms with Crippen molar-refractivity contribution < 1.29 is 0 Å². The summed E-state index contributed by atoms with van der Waals surface area (Å²) in [6, 6.07) is 8.76. The standard InChI is InChI=1S/C15H21BrN2.ClH/c16-14-3-1-13(2-4-14)11-18-10-7-15(12-18)5-8-17-9-6-15;/h1-4,17H,5-12H2;1H. The Morgan fingerprint density at radius 3 is 2.47 bits per heavy atom. The van der Waals surface area contributed by atoms with Gasteiger partial charge in [-0.3, -0.25) is 4.90 Å². The van der Waals surface area contributed by atoms with Crippen molar-refractivity contribution in [3.05, 3.63) is 34.3 Å². The Bertz CT molecular complexity index is 401. The third-order valence-corrected chi connectivity index (χ3v) is 5.03. The smallest absolute Gasteiger partial charge is 0.0233 e. The zero-order chi connectivity index (χ0) is 12.4. The van der Waals surface area contributed by atoms with Crippen molar-refractivity contribution in [2.75, 3.05) is 26.2 Å². The van der Waals surface area contributed by atoms with Crippen LogP contribution in [-0.2, 0) is 6.54 Å². The average molecular weight is 346 g/mol. The van der Waals surface area contributed by atoms with E-state index in [9.17, 15) is 0 Å². The molecule has 0 aliphatic carbocycles. The van der Waals surface area contributed by atoms with Gasteiger partial charge in [0.2, 0.25) is 0 Å². The fraction of sp³-hybridized carbons (Fsp3) is 0.600. The van der Waals surface area contributed by atoms with Crippen LogP contribution in [0.5, 0.6) is 0 Å². The van der Waals surface area contributed by atoms with Crippen LogP contribution in [0.4, 0.5) is 0 Å². The van der Waals surface area contributed by atoms with Crippen molar-refractivity contribution in [2.24, 2.45) is 5.41 Å². The summed E-state index contributed by atoms with van der Waals surface area (Å²) in [4.78, 5) is 2.63. The van der Waals surface area contributed by atoms with Crippen LogP contribution in [0.15, 0.2) is 28.7 Å². The molecule has 0 atom stereocenters. The Labute approximate surface area is 130 Å².